The van der Waals surface area contributed by atoms with Crippen LogP contribution in [0.15, 0.2) is 42.5 Å². The first-order valence-corrected chi connectivity index (χ1v) is 7.28. The van der Waals surface area contributed by atoms with Crippen molar-refractivity contribution in [2.24, 2.45) is 0 Å². The molecule has 1 aliphatic carbocycles. The topological polar surface area (TPSA) is 12.0 Å². The Hall–Kier alpha value is -1.54. The van der Waals surface area contributed by atoms with Gasteiger partial charge in [-0.1, -0.05) is 29.8 Å². The second-order valence-corrected chi connectivity index (χ2v) is 5.94. The van der Waals surface area contributed by atoms with Crippen LogP contribution < -0.4 is 5.32 Å². The van der Waals surface area contributed by atoms with Gasteiger partial charge in [-0.3, -0.25) is 0 Å². The van der Waals surface area contributed by atoms with Crippen molar-refractivity contribution in [3.8, 4) is 0 Å². The fraction of sp³-hybridized carbons (Fsp3) is 0.294. The molecule has 0 bridgehead atoms. The summed E-state index contributed by atoms with van der Waals surface area (Å²) in [7, 11) is 0. The van der Waals surface area contributed by atoms with Crippen LogP contribution in [0.4, 0.5) is 10.1 Å². The molecule has 0 heterocycles. The average molecular weight is 290 g/mol. The van der Waals surface area contributed by atoms with Gasteiger partial charge in [0, 0.05) is 16.8 Å². The molecule has 104 valence electrons. The standard InChI is InChI=1S/C17H17ClFN/c1-11-5-6-15(10-17(11)18)20-16-8-13(9-16)12-3-2-4-14(19)7-12/h2-7,10,13,16,20H,8-9H2,1H3. The summed E-state index contributed by atoms with van der Waals surface area (Å²) in [5, 5.41) is 4.27. The van der Waals surface area contributed by atoms with Gasteiger partial charge in [0.2, 0.25) is 0 Å². The van der Waals surface area contributed by atoms with E-state index in [9.17, 15) is 4.39 Å². The minimum absolute atomic E-state index is 0.149. The number of nitrogens with one attached hydrogen (secondary N) is 1. The Labute approximate surface area is 123 Å². The molecule has 1 fully saturated rings. The maximum absolute atomic E-state index is 13.2. The van der Waals surface area contributed by atoms with Crippen LogP contribution in [0, 0.1) is 12.7 Å². The zero-order valence-corrected chi connectivity index (χ0v) is 12.1. The molecule has 3 rings (SSSR count). The third-order valence-electron chi connectivity index (χ3n) is 4.00. The van der Waals surface area contributed by atoms with Crippen LogP contribution in [0.3, 0.4) is 0 Å². The van der Waals surface area contributed by atoms with Crippen LogP contribution in [0.2, 0.25) is 5.02 Å². The Morgan fingerprint density at radius 3 is 2.65 bits per heavy atom. The largest absolute Gasteiger partial charge is 0.382 e. The molecule has 0 saturated heterocycles. The Kier molecular flexibility index (Phi) is 3.66. The monoisotopic (exact) mass is 289 g/mol. The summed E-state index contributed by atoms with van der Waals surface area (Å²) < 4.78 is 13.2. The normalized spacial score (nSPS) is 21.4. The first-order valence-electron chi connectivity index (χ1n) is 6.90. The quantitative estimate of drug-likeness (QED) is 0.824. The third kappa shape index (κ3) is 2.80. The highest BCUT2D eigenvalue weighted by atomic mass is 35.5. The highest BCUT2D eigenvalue weighted by Gasteiger charge is 2.30. The van der Waals surface area contributed by atoms with E-state index in [2.05, 4.69) is 11.4 Å². The van der Waals surface area contributed by atoms with Crippen LogP contribution in [0.25, 0.3) is 0 Å². The van der Waals surface area contributed by atoms with Crippen LogP contribution >= 0.6 is 11.6 Å². The predicted molar refractivity (Wildman–Crippen MR) is 82.0 cm³/mol. The third-order valence-corrected chi connectivity index (χ3v) is 4.41. The van der Waals surface area contributed by atoms with Crippen LogP contribution in [-0.2, 0) is 0 Å². The number of aryl methyl sites for hydroxylation is 1. The van der Waals surface area contributed by atoms with Crippen molar-refractivity contribution >= 4 is 17.3 Å². The molecule has 1 nitrogen and oxygen atoms in total. The van der Waals surface area contributed by atoms with E-state index in [0.717, 1.165) is 34.7 Å². The fourth-order valence-electron chi connectivity index (χ4n) is 2.69. The molecule has 0 spiro atoms. The Morgan fingerprint density at radius 1 is 1.15 bits per heavy atom. The molecule has 20 heavy (non-hydrogen) atoms. The first kappa shape index (κ1) is 13.4. The van der Waals surface area contributed by atoms with Gasteiger partial charge >= 0.3 is 0 Å². The number of hydrogen-bond donors (Lipinski definition) is 1. The lowest BCUT2D eigenvalue weighted by Gasteiger charge is -2.37. The van der Waals surface area contributed by atoms with Gasteiger partial charge in [0.05, 0.1) is 0 Å². The molecule has 0 amide bonds. The highest BCUT2D eigenvalue weighted by molar-refractivity contribution is 6.31. The van der Waals surface area contributed by atoms with Gasteiger partial charge in [0.1, 0.15) is 5.82 Å². The summed E-state index contributed by atoms with van der Waals surface area (Å²) in [6, 6.07) is 13.4. The van der Waals surface area contributed by atoms with Crippen molar-refractivity contribution in [3.63, 3.8) is 0 Å². The van der Waals surface area contributed by atoms with Gasteiger partial charge in [0.25, 0.3) is 0 Å². The molecular formula is C17H17ClFN. The average Bonchev–Trinajstić information content (AvgIpc) is 2.37. The van der Waals surface area contributed by atoms with Crippen molar-refractivity contribution in [1.82, 2.24) is 0 Å². The van der Waals surface area contributed by atoms with E-state index in [1.54, 1.807) is 12.1 Å². The minimum Gasteiger partial charge on any atom is -0.382 e. The smallest absolute Gasteiger partial charge is 0.123 e. The van der Waals surface area contributed by atoms with Gasteiger partial charge < -0.3 is 5.32 Å². The molecule has 2 aromatic carbocycles. The van der Waals surface area contributed by atoms with E-state index in [4.69, 9.17) is 11.6 Å². The van der Waals surface area contributed by atoms with E-state index in [1.165, 1.54) is 6.07 Å². The molecule has 0 aliphatic heterocycles. The molecule has 1 N–H and O–H groups in total. The Balaban J connectivity index is 1.59. The van der Waals surface area contributed by atoms with Crippen LogP contribution in [0.5, 0.6) is 0 Å². The van der Waals surface area contributed by atoms with E-state index in [-0.39, 0.29) is 5.82 Å². The number of rotatable bonds is 3. The first-order chi connectivity index (χ1) is 9.61. The maximum Gasteiger partial charge on any atom is 0.123 e. The van der Waals surface area contributed by atoms with Crippen molar-refractivity contribution < 1.29 is 4.39 Å². The number of halogens is 2. The molecule has 3 heteroatoms. The van der Waals surface area contributed by atoms with Crippen molar-refractivity contribution in [3.05, 3.63) is 64.4 Å². The molecular weight excluding hydrogens is 273 g/mol. The molecule has 1 aliphatic rings. The van der Waals surface area contributed by atoms with Gasteiger partial charge in [0.15, 0.2) is 0 Å². The van der Waals surface area contributed by atoms with E-state index in [1.807, 2.05) is 25.1 Å². The lowest BCUT2D eigenvalue weighted by molar-refractivity contribution is 0.373. The minimum atomic E-state index is -0.149. The van der Waals surface area contributed by atoms with Gasteiger partial charge in [-0.25, -0.2) is 4.39 Å². The van der Waals surface area contributed by atoms with Crippen molar-refractivity contribution in [1.29, 1.82) is 0 Å². The van der Waals surface area contributed by atoms with Gasteiger partial charge in [-0.15, -0.1) is 0 Å². The maximum atomic E-state index is 13.2. The van der Waals surface area contributed by atoms with Crippen molar-refractivity contribution in [2.45, 2.75) is 31.7 Å². The zero-order valence-electron chi connectivity index (χ0n) is 11.4. The van der Waals surface area contributed by atoms with Crippen molar-refractivity contribution in [2.75, 3.05) is 5.32 Å². The predicted octanol–water partition coefficient (Wildman–Crippen LogP) is 5.15. The summed E-state index contributed by atoms with van der Waals surface area (Å²) in [5.41, 5.74) is 3.25. The lowest BCUT2D eigenvalue weighted by atomic mass is 9.76. The molecule has 1 saturated carbocycles. The van der Waals surface area contributed by atoms with E-state index in [0.29, 0.717) is 12.0 Å². The summed E-state index contributed by atoms with van der Waals surface area (Å²) in [5.74, 6) is 0.313. The second-order valence-electron chi connectivity index (χ2n) is 5.53. The summed E-state index contributed by atoms with van der Waals surface area (Å²) >= 11 is 6.12. The highest BCUT2D eigenvalue weighted by Crippen LogP contribution is 2.38. The molecule has 2 aromatic rings. The Bertz CT molecular complexity index is 620. The fourth-order valence-corrected chi connectivity index (χ4v) is 2.87. The number of benzene rings is 2. The number of hydrogen-bond acceptors (Lipinski definition) is 1. The summed E-state index contributed by atoms with van der Waals surface area (Å²) in [6.45, 7) is 2.00. The lowest BCUT2D eigenvalue weighted by Crippen LogP contribution is -2.34. The SMILES string of the molecule is Cc1ccc(NC2CC(c3cccc(F)c3)C2)cc1Cl. The number of anilines is 1. The molecule has 0 aromatic heterocycles. The summed E-state index contributed by atoms with van der Waals surface area (Å²) in [4.78, 5) is 0. The van der Waals surface area contributed by atoms with Gasteiger partial charge in [-0.2, -0.15) is 0 Å². The van der Waals surface area contributed by atoms with E-state index >= 15 is 0 Å². The zero-order chi connectivity index (χ0) is 14.1. The van der Waals surface area contributed by atoms with Crippen LogP contribution in [0.1, 0.15) is 29.9 Å². The molecule has 0 atom stereocenters. The second kappa shape index (κ2) is 5.45. The molecule has 0 unspecified atom stereocenters. The van der Waals surface area contributed by atoms with Crippen LogP contribution in [-0.4, -0.2) is 6.04 Å². The molecule has 0 radical (unpaired) electrons. The Morgan fingerprint density at radius 2 is 1.95 bits per heavy atom. The van der Waals surface area contributed by atoms with E-state index < -0.39 is 0 Å². The summed E-state index contributed by atoms with van der Waals surface area (Å²) in [6.07, 6.45) is 2.07. The van der Waals surface area contributed by atoms with Gasteiger partial charge in [-0.05, 0) is 61.1 Å².